The Morgan fingerprint density at radius 3 is 2.27 bits per heavy atom. The number of aliphatic hydroxyl groups excluding tert-OH is 1. The summed E-state index contributed by atoms with van der Waals surface area (Å²) in [7, 11) is 0. The fourth-order valence-electron chi connectivity index (χ4n) is 0.509. The van der Waals surface area contributed by atoms with Crippen molar-refractivity contribution >= 4 is 5.97 Å². The van der Waals surface area contributed by atoms with E-state index in [0.717, 1.165) is 5.69 Å². The summed E-state index contributed by atoms with van der Waals surface area (Å²) in [6.45, 7) is 1.97. The molecule has 7 heteroatoms. The third kappa shape index (κ3) is 9.49. The molecule has 4 N–H and O–H groups in total. The molecule has 0 aliphatic rings. The van der Waals surface area contributed by atoms with Crippen molar-refractivity contribution in [3.63, 3.8) is 0 Å². The molecule has 1 rings (SSSR count). The van der Waals surface area contributed by atoms with Crippen LogP contribution in [0.25, 0.3) is 0 Å². The third-order valence-corrected chi connectivity index (χ3v) is 1.14. The van der Waals surface area contributed by atoms with E-state index in [0.29, 0.717) is 0 Å². The summed E-state index contributed by atoms with van der Waals surface area (Å²) in [5.41, 5.74) is 1.07. The molecule has 1 aromatic heterocycles. The molecule has 0 aliphatic carbocycles. The summed E-state index contributed by atoms with van der Waals surface area (Å²) in [5, 5.41) is 15.6. The van der Waals surface area contributed by atoms with Gasteiger partial charge in [0.2, 0.25) is 0 Å². The van der Waals surface area contributed by atoms with Gasteiger partial charge in [0.05, 0.1) is 0 Å². The molecule has 15 heavy (non-hydrogen) atoms. The Morgan fingerprint density at radius 2 is 2.13 bits per heavy atom. The van der Waals surface area contributed by atoms with Gasteiger partial charge in [-0.3, -0.25) is 4.98 Å². The zero-order valence-electron chi connectivity index (χ0n) is 7.94. The molecule has 0 spiro atoms. The minimum atomic E-state index is -2.12. The van der Waals surface area contributed by atoms with Gasteiger partial charge in [-0.25, -0.2) is 4.79 Å². The van der Waals surface area contributed by atoms with Crippen LogP contribution in [-0.4, -0.2) is 27.5 Å². The fraction of sp³-hybridized carbons (Fsp3) is 0.250. The summed E-state index contributed by atoms with van der Waals surface area (Å²) in [5.74, 6) is 2.94. The molecule has 1 aromatic rings. The van der Waals surface area contributed by atoms with E-state index in [4.69, 9.17) is 10.2 Å². The van der Waals surface area contributed by atoms with Crippen LogP contribution in [0.4, 0.5) is 0 Å². The van der Waals surface area contributed by atoms with E-state index in [-0.39, 0.29) is 21.1 Å². The van der Waals surface area contributed by atoms with Gasteiger partial charge >= 0.3 is 5.97 Å². The summed E-state index contributed by atoms with van der Waals surface area (Å²) in [6.07, 6.45) is -0.333. The Morgan fingerprint density at radius 1 is 1.53 bits per heavy atom. The van der Waals surface area contributed by atoms with Crippen molar-refractivity contribution in [2.75, 3.05) is 0 Å². The van der Waals surface area contributed by atoms with Crippen molar-refractivity contribution in [2.45, 2.75) is 13.2 Å². The first-order chi connectivity index (χ1) is 6.57. The Hall–Kier alpha value is -0.812. The van der Waals surface area contributed by atoms with Gasteiger partial charge < -0.3 is 15.1 Å². The minimum Gasteiger partial charge on any atom is -0.370 e. The molecule has 0 saturated carbocycles. The SMILES string of the molecule is Cc1ccccn1.NOC(=O)C(O)O.[Pt]. The van der Waals surface area contributed by atoms with Gasteiger partial charge in [0, 0.05) is 33.0 Å². The summed E-state index contributed by atoms with van der Waals surface area (Å²) >= 11 is 0. The molecule has 0 radical (unpaired) electrons. The largest absolute Gasteiger partial charge is 0.381 e. The van der Waals surface area contributed by atoms with Crippen molar-refractivity contribution in [3.05, 3.63) is 30.1 Å². The van der Waals surface area contributed by atoms with E-state index < -0.39 is 12.3 Å². The normalized spacial score (nSPS) is 8.33. The van der Waals surface area contributed by atoms with Crippen LogP contribution in [0.3, 0.4) is 0 Å². The van der Waals surface area contributed by atoms with Crippen LogP contribution < -0.4 is 5.90 Å². The van der Waals surface area contributed by atoms with Gasteiger partial charge in [-0.2, -0.15) is 5.90 Å². The predicted octanol–water partition coefficient (Wildman–Crippen LogP) is -0.898. The molecule has 0 saturated heterocycles. The predicted molar refractivity (Wildman–Crippen MR) is 47.5 cm³/mol. The maximum atomic E-state index is 9.66. The molecular formula is C8H12N2O4Pt. The minimum absolute atomic E-state index is 0. The van der Waals surface area contributed by atoms with Crippen molar-refractivity contribution in [2.24, 2.45) is 5.90 Å². The van der Waals surface area contributed by atoms with Crippen molar-refractivity contribution in [3.8, 4) is 0 Å². The van der Waals surface area contributed by atoms with Crippen molar-refractivity contribution in [1.82, 2.24) is 4.98 Å². The summed E-state index contributed by atoms with van der Waals surface area (Å²) in [6, 6.07) is 5.86. The summed E-state index contributed by atoms with van der Waals surface area (Å²) in [4.78, 5) is 17.0. The van der Waals surface area contributed by atoms with Crippen molar-refractivity contribution in [1.29, 1.82) is 0 Å². The van der Waals surface area contributed by atoms with Crippen molar-refractivity contribution < 1.29 is 40.9 Å². The molecule has 0 aromatic carbocycles. The van der Waals surface area contributed by atoms with E-state index in [2.05, 4.69) is 15.7 Å². The number of rotatable bonds is 1. The average Bonchev–Trinajstić information content (AvgIpc) is 2.18. The first-order valence-electron chi connectivity index (χ1n) is 3.72. The second-order valence-corrected chi connectivity index (χ2v) is 2.28. The standard InChI is InChI=1S/C6H7N.C2H5NO4.Pt/c1-6-4-2-3-5-7-6;3-7-2(6)1(4)5;/h2-5H,1H3;1,4-5H,3H2;. The Labute approximate surface area is 101 Å². The molecule has 6 nitrogen and oxygen atoms in total. The molecular weight excluding hydrogens is 383 g/mol. The topological polar surface area (TPSA) is 106 Å². The number of hydrogen-bond acceptors (Lipinski definition) is 6. The van der Waals surface area contributed by atoms with Crippen LogP contribution in [0.5, 0.6) is 0 Å². The van der Waals surface area contributed by atoms with Gasteiger partial charge in [0.15, 0.2) is 0 Å². The molecule has 0 aliphatic heterocycles. The zero-order valence-corrected chi connectivity index (χ0v) is 10.2. The zero-order chi connectivity index (χ0) is 11.0. The Kier molecular flexibility index (Phi) is 10.8. The molecule has 1 heterocycles. The van der Waals surface area contributed by atoms with Gasteiger partial charge in [0.1, 0.15) is 0 Å². The number of carbonyl (C=O) groups excluding carboxylic acids is 1. The second-order valence-electron chi connectivity index (χ2n) is 2.28. The number of aromatic nitrogens is 1. The van der Waals surface area contributed by atoms with Crippen LogP contribution in [-0.2, 0) is 30.7 Å². The van der Waals surface area contributed by atoms with Crippen LogP contribution in [0.15, 0.2) is 24.4 Å². The van der Waals surface area contributed by atoms with Crippen LogP contribution >= 0.6 is 0 Å². The van der Waals surface area contributed by atoms with E-state index in [9.17, 15) is 4.79 Å². The third-order valence-electron chi connectivity index (χ3n) is 1.14. The average molecular weight is 395 g/mol. The quantitative estimate of drug-likeness (QED) is 0.421. The molecule has 0 unspecified atom stereocenters. The smallest absolute Gasteiger partial charge is 0.370 e. The number of nitrogens with zero attached hydrogens (tertiary/aromatic N) is 1. The first-order valence-corrected chi connectivity index (χ1v) is 3.72. The number of hydrogen-bond donors (Lipinski definition) is 3. The van der Waals surface area contributed by atoms with Crippen LogP contribution in [0.1, 0.15) is 5.69 Å². The Bertz CT molecular complexity index is 269. The molecule has 0 amide bonds. The number of aryl methyl sites for hydroxylation is 1. The summed E-state index contributed by atoms with van der Waals surface area (Å²) < 4.78 is 0. The van der Waals surface area contributed by atoms with E-state index in [1.165, 1.54) is 0 Å². The maximum Gasteiger partial charge on any atom is 0.381 e. The van der Waals surface area contributed by atoms with Gasteiger partial charge in [-0.1, -0.05) is 6.07 Å². The van der Waals surface area contributed by atoms with Gasteiger partial charge in [-0.15, -0.1) is 0 Å². The number of aliphatic hydroxyl groups is 2. The molecule has 0 bridgehead atoms. The Balaban J connectivity index is 0. The van der Waals surface area contributed by atoms with Crippen LogP contribution in [0, 0.1) is 6.92 Å². The number of carbonyl (C=O) groups is 1. The van der Waals surface area contributed by atoms with Crippen LogP contribution in [0.2, 0.25) is 0 Å². The molecule has 0 fully saturated rings. The van der Waals surface area contributed by atoms with Gasteiger partial charge in [0.25, 0.3) is 6.29 Å². The molecule has 0 atom stereocenters. The van der Waals surface area contributed by atoms with E-state index >= 15 is 0 Å². The fourth-order valence-corrected chi connectivity index (χ4v) is 0.509. The van der Waals surface area contributed by atoms with E-state index in [1.54, 1.807) is 6.20 Å². The number of nitrogens with two attached hydrogens (primary N) is 1. The van der Waals surface area contributed by atoms with Gasteiger partial charge in [-0.05, 0) is 19.1 Å². The second kappa shape index (κ2) is 9.73. The monoisotopic (exact) mass is 395 g/mol. The maximum absolute atomic E-state index is 9.66. The number of pyridine rings is 1. The molecule has 88 valence electrons. The first kappa shape index (κ1) is 16.6. The van der Waals surface area contributed by atoms with E-state index in [1.807, 2.05) is 25.1 Å².